The average Bonchev–Trinajstić information content (AvgIpc) is 2.44. The fourth-order valence-corrected chi connectivity index (χ4v) is 2.13. The maximum absolute atomic E-state index is 6.11. The Hall–Kier alpha value is -2.17. The summed E-state index contributed by atoms with van der Waals surface area (Å²) in [5.74, 6) is 1.65. The van der Waals surface area contributed by atoms with E-state index in [4.69, 9.17) is 19.9 Å². The molecular weight excluding hydrogens is 244 g/mol. The van der Waals surface area contributed by atoms with Gasteiger partial charge in [-0.15, -0.1) is 0 Å². The van der Waals surface area contributed by atoms with Crippen LogP contribution in [0.3, 0.4) is 0 Å². The van der Waals surface area contributed by atoms with E-state index in [-0.39, 0.29) is 0 Å². The largest absolute Gasteiger partial charge is 0.493 e. The van der Waals surface area contributed by atoms with Crippen molar-refractivity contribution in [2.75, 3.05) is 27.1 Å². The first-order chi connectivity index (χ1) is 9.15. The van der Waals surface area contributed by atoms with E-state index in [1.807, 2.05) is 19.1 Å². The molecule has 0 fully saturated rings. The van der Waals surface area contributed by atoms with E-state index in [1.54, 1.807) is 21.3 Å². The van der Waals surface area contributed by atoms with Crippen molar-refractivity contribution in [3.05, 3.63) is 17.8 Å². The lowest BCUT2D eigenvalue weighted by molar-refractivity contribution is 0.327. The Morgan fingerprint density at radius 2 is 1.74 bits per heavy atom. The summed E-state index contributed by atoms with van der Waals surface area (Å²) in [6, 6.07) is 3.67. The third kappa shape index (κ3) is 2.12. The molecule has 2 N–H and O–H groups in total. The van der Waals surface area contributed by atoms with Gasteiger partial charge in [0.15, 0.2) is 11.5 Å². The summed E-state index contributed by atoms with van der Waals surface area (Å²) in [6.07, 6.45) is 0.816. The molecule has 2 rings (SSSR count). The number of benzene rings is 1. The number of fused-ring (bicyclic) bond motifs is 1. The SMILES string of the molecule is CCc1cc(N)c2c(OC)c(OC)c(OC)cc2n1. The van der Waals surface area contributed by atoms with Gasteiger partial charge in [-0.3, -0.25) is 4.98 Å². The van der Waals surface area contributed by atoms with Crippen molar-refractivity contribution in [2.45, 2.75) is 13.3 Å². The number of hydrogen-bond acceptors (Lipinski definition) is 5. The van der Waals surface area contributed by atoms with Crippen LogP contribution in [-0.4, -0.2) is 26.3 Å². The number of rotatable bonds is 4. The Balaban J connectivity index is 2.88. The van der Waals surface area contributed by atoms with E-state index in [0.717, 1.165) is 23.0 Å². The maximum atomic E-state index is 6.11. The lowest BCUT2D eigenvalue weighted by Gasteiger charge is -2.16. The predicted octanol–water partition coefficient (Wildman–Crippen LogP) is 2.41. The van der Waals surface area contributed by atoms with Gasteiger partial charge >= 0.3 is 0 Å². The zero-order chi connectivity index (χ0) is 14.0. The molecule has 0 bridgehead atoms. The van der Waals surface area contributed by atoms with Crippen molar-refractivity contribution in [2.24, 2.45) is 0 Å². The fraction of sp³-hybridized carbons (Fsp3) is 0.357. The van der Waals surface area contributed by atoms with E-state index < -0.39 is 0 Å². The normalized spacial score (nSPS) is 10.5. The molecular formula is C14H18N2O3. The smallest absolute Gasteiger partial charge is 0.204 e. The molecule has 0 aliphatic heterocycles. The van der Waals surface area contributed by atoms with Gasteiger partial charge in [-0.25, -0.2) is 0 Å². The Morgan fingerprint density at radius 1 is 1.05 bits per heavy atom. The molecule has 102 valence electrons. The number of nitrogens with two attached hydrogens (primary N) is 1. The van der Waals surface area contributed by atoms with Gasteiger partial charge in [0.05, 0.1) is 32.2 Å². The van der Waals surface area contributed by atoms with Crippen LogP contribution in [-0.2, 0) is 6.42 Å². The zero-order valence-electron chi connectivity index (χ0n) is 11.6. The number of aryl methyl sites for hydroxylation is 1. The van der Waals surface area contributed by atoms with Gasteiger partial charge in [-0.2, -0.15) is 0 Å². The third-order valence-electron chi connectivity index (χ3n) is 3.05. The van der Waals surface area contributed by atoms with E-state index in [0.29, 0.717) is 22.9 Å². The minimum atomic E-state index is 0.523. The Labute approximate surface area is 112 Å². The van der Waals surface area contributed by atoms with Gasteiger partial charge in [-0.05, 0) is 12.5 Å². The molecule has 0 amide bonds. The standard InChI is InChI=1S/C14H18N2O3/c1-5-8-6-9(15)12-10(16-8)7-11(17-2)13(18-3)14(12)19-4/h6-7H,5H2,1-4H3,(H2,15,16). The Kier molecular flexibility index (Phi) is 3.64. The second-order valence-electron chi connectivity index (χ2n) is 4.10. The van der Waals surface area contributed by atoms with Gasteiger partial charge in [0.1, 0.15) is 0 Å². The molecule has 5 nitrogen and oxygen atoms in total. The molecule has 0 radical (unpaired) electrons. The quantitative estimate of drug-likeness (QED) is 0.916. The second kappa shape index (κ2) is 5.22. The molecule has 0 unspecified atom stereocenters. The Bertz CT molecular complexity index is 611. The van der Waals surface area contributed by atoms with E-state index in [9.17, 15) is 0 Å². The van der Waals surface area contributed by atoms with Crippen LogP contribution in [0.15, 0.2) is 12.1 Å². The zero-order valence-corrected chi connectivity index (χ0v) is 11.6. The minimum Gasteiger partial charge on any atom is -0.493 e. The monoisotopic (exact) mass is 262 g/mol. The highest BCUT2D eigenvalue weighted by molar-refractivity contribution is 5.99. The van der Waals surface area contributed by atoms with Crippen LogP contribution in [0.5, 0.6) is 17.2 Å². The summed E-state index contributed by atoms with van der Waals surface area (Å²) >= 11 is 0. The minimum absolute atomic E-state index is 0.523. The molecule has 2 aromatic rings. The number of pyridine rings is 1. The fourth-order valence-electron chi connectivity index (χ4n) is 2.13. The molecule has 1 aromatic heterocycles. The van der Waals surface area contributed by atoms with Gasteiger partial charge < -0.3 is 19.9 Å². The third-order valence-corrected chi connectivity index (χ3v) is 3.05. The van der Waals surface area contributed by atoms with E-state index >= 15 is 0 Å². The summed E-state index contributed by atoms with van der Waals surface area (Å²) in [7, 11) is 4.72. The van der Waals surface area contributed by atoms with Crippen LogP contribution in [0.2, 0.25) is 0 Å². The number of nitrogens with zero attached hydrogens (tertiary/aromatic N) is 1. The highest BCUT2D eigenvalue weighted by Gasteiger charge is 2.18. The van der Waals surface area contributed by atoms with Crippen LogP contribution in [0.1, 0.15) is 12.6 Å². The first-order valence-corrected chi connectivity index (χ1v) is 6.04. The van der Waals surface area contributed by atoms with Crippen molar-refractivity contribution < 1.29 is 14.2 Å². The van der Waals surface area contributed by atoms with Crippen LogP contribution in [0.25, 0.3) is 10.9 Å². The first-order valence-electron chi connectivity index (χ1n) is 6.04. The molecule has 0 aliphatic carbocycles. The number of hydrogen-bond donors (Lipinski definition) is 1. The molecule has 0 saturated carbocycles. The van der Waals surface area contributed by atoms with Crippen molar-refractivity contribution in [1.82, 2.24) is 4.98 Å². The molecule has 5 heteroatoms. The highest BCUT2D eigenvalue weighted by atomic mass is 16.5. The van der Waals surface area contributed by atoms with Gasteiger partial charge in [0.2, 0.25) is 5.75 Å². The molecule has 1 heterocycles. The predicted molar refractivity (Wildman–Crippen MR) is 75.2 cm³/mol. The number of ether oxygens (including phenoxy) is 3. The van der Waals surface area contributed by atoms with Gasteiger partial charge in [0, 0.05) is 17.4 Å². The number of aromatic nitrogens is 1. The van der Waals surface area contributed by atoms with Crippen LogP contribution >= 0.6 is 0 Å². The molecule has 1 aromatic carbocycles. The summed E-state index contributed by atoms with van der Waals surface area (Å²) in [4.78, 5) is 4.55. The van der Waals surface area contributed by atoms with Crippen molar-refractivity contribution >= 4 is 16.6 Å². The van der Waals surface area contributed by atoms with Crippen molar-refractivity contribution in [3.8, 4) is 17.2 Å². The highest BCUT2D eigenvalue weighted by Crippen LogP contribution is 2.44. The van der Waals surface area contributed by atoms with Crippen molar-refractivity contribution in [1.29, 1.82) is 0 Å². The van der Waals surface area contributed by atoms with Crippen LogP contribution in [0, 0.1) is 0 Å². The maximum Gasteiger partial charge on any atom is 0.204 e. The number of methoxy groups -OCH3 is 3. The molecule has 19 heavy (non-hydrogen) atoms. The lowest BCUT2D eigenvalue weighted by atomic mass is 10.1. The number of nitrogen functional groups attached to an aromatic ring is 1. The van der Waals surface area contributed by atoms with Gasteiger partial charge in [-0.1, -0.05) is 6.92 Å². The Morgan fingerprint density at radius 3 is 2.26 bits per heavy atom. The second-order valence-corrected chi connectivity index (χ2v) is 4.10. The molecule has 0 atom stereocenters. The van der Waals surface area contributed by atoms with E-state index in [2.05, 4.69) is 4.98 Å². The summed E-state index contributed by atoms with van der Waals surface area (Å²) in [5.41, 5.74) is 8.40. The topological polar surface area (TPSA) is 66.6 Å². The van der Waals surface area contributed by atoms with Gasteiger partial charge in [0.25, 0.3) is 0 Å². The average molecular weight is 262 g/mol. The summed E-state index contributed by atoms with van der Waals surface area (Å²) in [6.45, 7) is 2.03. The van der Waals surface area contributed by atoms with Crippen LogP contribution < -0.4 is 19.9 Å². The first kappa shape index (κ1) is 13.3. The van der Waals surface area contributed by atoms with Crippen molar-refractivity contribution in [3.63, 3.8) is 0 Å². The summed E-state index contributed by atoms with van der Waals surface area (Å²) in [5, 5.41) is 0.748. The molecule has 0 saturated heterocycles. The molecule has 0 aliphatic rings. The van der Waals surface area contributed by atoms with Crippen LogP contribution in [0.4, 0.5) is 5.69 Å². The number of anilines is 1. The van der Waals surface area contributed by atoms with E-state index in [1.165, 1.54) is 0 Å². The lowest BCUT2D eigenvalue weighted by Crippen LogP contribution is -2.00. The summed E-state index contributed by atoms with van der Waals surface area (Å²) < 4.78 is 16.1. The molecule has 0 spiro atoms.